The highest BCUT2D eigenvalue weighted by molar-refractivity contribution is 9.10. The Labute approximate surface area is 163 Å². The second kappa shape index (κ2) is 7.92. The molecular formula is C17H19BrClF2N3S. The minimum absolute atomic E-state index is 0.0257. The van der Waals surface area contributed by atoms with Crippen molar-refractivity contribution in [3.63, 3.8) is 0 Å². The second-order valence-corrected chi connectivity index (χ2v) is 8.06. The van der Waals surface area contributed by atoms with Crippen molar-refractivity contribution < 1.29 is 8.78 Å². The van der Waals surface area contributed by atoms with Crippen LogP contribution in [0, 0.1) is 11.6 Å². The molecule has 0 bridgehead atoms. The van der Waals surface area contributed by atoms with E-state index in [4.69, 9.17) is 11.6 Å². The van der Waals surface area contributed by atoms with Crippen molar-refractivity contribution in [2.45, 2.75) is 50.2 Å². The molecule has 1 fully saturated rings. The first-order valence-electron chi connectivity index (χ1n) is 8.33. The quantitative estimate of drug-likeness (QED) is 0.241. The molecule has 8 heteroatoms. The Bertz CT molecular complexity index is 806. The average molecular weight is 451 g/mol. The highest BCUT2D eigenvalue weighted by Crippen LogP contribution is 2.40. The van der Waals surface area contributed by atoms with Gasteiger partial charge >= 0.3 is 0 Å². The van der Waals surface area contributed by atoms with Crippen molar-refractivity contribution in [3.05, 3.63) is 21.1 Å². The molecule has 1 saturated heterocycles. The summed E-state index contributed by atoms with van der Waals surface area (Å²) in [7, 11) is 0. The highest BCUT2D eigenvalue weighted by atomic mass is 79.9. The molecule has 3 rings (SSSR count). The maximum absolute atomic E-state index is 15.0. The summed E-state index contributed by atoms with van der Waals surface area (Å²) < 4.78 is 29.6. The molecule has 1 aliphatic rings. The summed E-state index contributed by atoms with van der Waals surface area (Å²) in [6.07, 6.45) is 7.04. The van der Waals surface area contributed by atoms with Crippen LogP contribution in [0.2, 0.25) is 5.02 Å². The van der Waals surface area contributed by atoms with E-state index in [0.29, 0.717) is 11.0 Å². The van der Waals surface area contributed by atoms with E-state index in [-0.39, 0.29) is 26.4 Å². The van der Waals surface area contributed by atoms with Crippen LogP contribution in [0.15, 0.2) is 9.63 Å². The van der Waals surface area contributed by atoms with Gasteiger partial charge in [0, 0.05) is 12.6 Å². The number of nitrogens with zero attached hydrogens (tertiary/aromatic N) is 3. The van der Waals surface area contributed by atoms with Gasteiger partial charge in [0.15, 0.2) is 16.8 Å². The minimum atomic E-state index is -0.674. The van der Waals surface area contributed by atoms with Crippen molar-refractivity contribution in [3.8, 4) is 0 Å². The zero-order valence-electron chi connectivity index (χ0n) is 14.1. The van der Waals surface area contributed by atoms with Gasteiger partial charge in [0.1, 0.15) is 11.3 Å². The predicted octanol–water partition coefficient (Wildman–Crippen LogP) is 6.20. The monoisotopic (exact) mass is 449 g/mol. The van der Waals surface area contributed by atoms with E-state index in [0.717, 1.165) is 38.6 Å². The molecule has 0 amide bonds. The normalized spacial score (nSPS) is 18.6. The first-order valence-corrected chi connectivity index (χ1v) is 10.7. The van der Waals surface area contributed by atoms with Gasteiger partial charge in [-0.25, -0.2) is 18.7 Å². The maximum atomic E-state index is 15.0. The number of fused-ring (bicyclic) bond motifs is 1. The molecule has 0 spiro atoms. The molecule has 0 N–H and O–H groups in total. The van der Waals surface area contributed by atoms with Crippen LogP contribution in [0.3, 0.4) is 0 Å². The van der Waals surface area contributed by atoms with Gasteiger partial charge in [-0.05, 0) is 41.4 Å². The molecule has 3 nitrogen and oxygen atoms in total. The molecule has 0 aliphatic carbocycles. The molecule has 25 heavy (non-hydrogen) atoms. The first-order chi connectivity index (χ1) is 12.0. The fourth-order valence-corrected chi connectivity index (χ4v) is 4.28. The van der Waals surface area contributed by atoms with E-state index < -0.39 is 11.6 Å². The van der Waals surface area contributed by atoms with Gasteiger partial charge in [-0.1, -0.05) is 43.1 Å². The fourth-order valence-electron chi connectivity index (χ4n) is 3.38. The summed E-state index contributed by atoms with van der Waals surface area (Å²) in [6, 6.07) is 0.250. The maximum Gasteiger partial charge on any atom is 0.189 e. The Balaban J connectivity index is 2.32. The van der Waals surface area contributed by atoms with Gasteiger partial charge in [0.05, 0.1) is 14.9 Å². The third-order valence-electron chi connectivity index (χ3n) is 4.68. The average Bonchev–Trinajstić information content (AvgIpc) is 2.88. The van der Waals surface area contributed by atoms with Crippen LogP contribution in [-0.4, -0.2) is 28.8 Å². The predicted molar refractivity (Wildman–Crippen MR) is 104 cm³/mol. The molecule has 1 aliphatic heterocycles. The molecule has 0 saturated carbocycles. The van der Waals surface area contributed by atoms with Crippen LogP contribution < -0.4 is 4.90 Å². The van der Waals surface area contributed by atoms with E-state index in [9.17, 15) is 8.78 Å². The lowest BCUT2D eigenvalue weighted by Crippen LogP contribution is -2.35. The van der Waals surface area contributed by atoms with Crippen LogP contribution >= 0.6 is 39.3 Å². The third kappa shape index (κ3) is 3.47. The molecule has 2 aromatic rings. The Hall–Kier alpha value is -0.660. The van der Waals surface area contributed by atoms with Crippen molar-refractivity contribution in [1.82, 2.24) is 9.97 Å². The lowest BCUT2D eigenvalue weighted by atomic mass is 10.1. The van der Waals surface area contributed by atoms with E-state index in [1.807, 2.05) is 6.26 Å². The number of halogens is 4. The Morgan fingerprint density at radius 2 is 2.00 bits per heavy atom. The summed E-state index contributed by atoms with van der Waals surface area (Å²) >= 11 is 10.4. The number of rotatable bonds is 3. The minimum Gasteiger partial charge on any atom is -0.353 e. The third-order valence-corrected chi connectivity index (χ3v) is 6.55. The van der Waals surface area contributed by atoms with Gasteiger partial charge in [0.25, 0.3) is 0 Å². The molecule has 136 valence electrons. The number of hydrogen-bond acceptors (Lipinski definition) is 4. The Kier molecular flexibility index (Phi) is 6.06. The van der Waals surface area contributed by atoms with Gasteiger partial charge in [-0.15, -0.1) is 0 Å². The van der Waals surface area contributed by atoms with E-state index in [2.05, 4.69) is 37.7 Å². The molecule has 0 radical (unpaired) electrons. The lowest BCUT2D eigenvalue weighted by Gasteiger charge is -2.31. The Morgan fingerprint density at radius 1 is 1.24 bits per heavy atom. The first kappa shape index (κ1) is 19.1. The van der Waals surface area contributed by atoms with Crippen molar-refractivity contribution in [2.75, 3.05) is 17.7 Å². The summed E-state index contributed by atoms with van der Waals surface area (Å²) in [4.78, 5) is 10.9. The molecule has 1 atom stereocenters. The Morgan fingerprint density at radius 3 is 2.68 bits per heavy atom. The van der Waals surface area contributed by atoms with Crippen molar-refractivity contribution >= 4 is 56.0 Å². The highest BCUT2D eigenvalue weighted by Gasteiger charge is 2.28. The van der Waals surface area contributed by atoms with Crippen molar-refractivity contribution in [2.24, 2.45) is 0 Å². The van der Waals surface area contributed by atoms with Gasteiger partial charge < -0.3 is 4.90 Å². The van der Waals surface area contributed by atoms with Crippen LogP contribution in [0.5, 0.6) is 0 Å². The SMILES string of the molecule is CCC1CCCCCN1c1nc(SC)nc2c(F)c(Br)c(Cl)c(F)c12. The van der Waals surface area contributed by atoms with Crippen LogP contribution in [0.4, 0.5) is 14.6 Å². The number of thioether (sulfide) groups is 1. The van der Waals surface area contributed by atoms with Crippen LogP contribution in [-0.2, 0) is 0 Å². The smallest absolute Gasteiger partial charge is 0.189 e. The fraction of sp³-hybridized carbons (Fsp3) is 0.529. The van der Waals surface area contributed by atoms with E-state index in [1.165, 1.54) is 11.8 Å². The number of benzene rings is 1. The lowest BCUT2D eigenvalue weighted by molar-refractivity contribution is 0.549. The summed E-state index contributed by atoms with van der Waals surface area (Å²) in [5.41, 5.74) is -0.0257. The molecule has 2 heterocycles. The molecule has 1 aromatic carbocycles. The molecular weight excluding hydrogens is 432 g/mol. The zero-order valence-corrected chi connectivity index (χ0v) is 17.2. The molecule has 1 aromatic heterocycles. The number of aromatic nitrogens is 2. The largest absolute Gasteiger partial charge is 0.353 e. The number of hydrogen-bond donors (Lipinski definition) is 0. The summed E-state index contributed by atoms with van der Waals surface area (Å²) in [5.74, 6) is -0.871. The zero-order chi connectivity index (χ0) is 18.1. The number of anilines is 1. The second-order valence-electron chi connectivity index (χ2n) is 6.12. The van der Waals surface area contributed by atoms with Gasteiger partial charge in [-0.2, -0.15) is 0 Å². The van der Waals surface area contributed by atoms with Crippen LogP contribution in [0.1, 0.15) is 39.0 Å². The summed E-state index contributed by atoms with van der Waals surface area (Å²) in [5, 5.41) is 0.229. The topological polar surface area (TPSA) is 29.0 Å². The van der Waals surface area contributed by atoms with Gasteiger partial charge in [0.2, 0.25) is 0 Å². The standard InChI is InChI=1S/C17H19BrClF2N3S/c1-3-9-7-5-4-6-8-24(9)16-10-13(20)12(19)11(18)14(21)15(10)22-17(23-16)25-2/h9H,3-8H2,1-2H3. The van der Waals surface area contributed by atoms with E-state index >= 15 is 0 Å². The summed E-state index contributed by atoms with van der Waals surface area (Å²) in [6.45, 7) is 2.88. The molecule has 1 unspecified atom stereocenters. The van der Waals surface area contributed by atoms with E-state index in [1.54, 1.807) is 0 Å². The van der Waals surface area contributed by atoms with Crippen molar-refractivity contribution in [1.29, 1.82) is 0 Å². The van der Waals surface area contributed by atoms with Crippen LogP contribution in [0.25, 0.3) is 10.9 Å². The van der Waals surface area contributed by atoms with Gasteiger partial charge in [-0.3, -0.25) is 0 Å².